The van der Waals surface area contributed by atoms with E-state index in [0.29, 0.717) is 18.0 Å². The number of rotatable bonds is 9. The van der Waals surface area contributed by atoms with Crippen molar-refractivity contribution in [3.05, 3.63) is 65.3 Å². The van der Waals surface area contributed by atoms with Crippen LogP contribution < -0.4 is 21.7 Å². The Morgan fingerprint density at radius 1 is 1.22 bits per heavy atom. The summed E-state index contributed by atoms with van der Waals surface area (Å²) in [5.74, 6) is -3.43. The number of primary amides is 1. The average Bonchev–Trinajstić information content (AvgIpc) is 3.31. The van der Waals surface area contributed by atoms with Crippen LogP contribution in [0.25, 0.3) is 0 Å². The summed E-state index contributed by atoms with van der Waals surface area (Å²) in [5, 5.41) is 14.9. The van der Waals surface area contributed by atoms with Gasteiger partial charge in [0.1, 0.15) is 11.4 Å². The van der Waals surface area contributed by atoms with Crippen LogP contribution in [0.15, 0.2) is 48.2 Å². The van der Waals surface area contributed by atoms with E-state index in [1.807, 2.05) is 0 Å². The van der Waals surface area contributed by atoms with E-state index in [0.717, 1.165) is 18.2 Å². The fraction of sp³-hybridized carbons (Fsp3) is 0.261. The lowest BCUT2D eigenvalue weighted by molar-refractivity contribution is -0.137. The van der Waals surface area contributed by atoms with E-state index in [-0.39, 0.29) is 43.1 Å². The standard InChI is InChI=1S/C23H22F4N6O4/c24-14-1-4-18(17(8-14)23(25,26)27)32-16-3-2-15(30-11-16)10-31-21(36)22(5-6-37-12-22)33-20(35)13(9-28)7-19(29)34/h1-4,7-9,11,28,32H,5-6,10,12H2,(H2,29,34)(H,31,36)(H,33,35)/b13-7+,28-9?/t22-/m0/s1. The normalized spacial score (nSPS) is 17.7. The Hall–Kier alpha value is -4.33. The van der Waals surface area contributed by atoms with Crippen LogP contribution in [-0.2, 0) is 31.8 Å². The molecule has 1 atom stereocenters. The Bertz CT molecular complexity index is 1220. The number of anilines is 2. The van der Waals surface area contributed by atoms with Gasteiger partial charge in [0, 0.05) is 25.3 Å². The van der Waals surface area contributed by atoms with Crippen LogP contribution in [-0.4, -0.2) is 47.7 Å². The van der Waals surface area contributed by atoms with Gasteiger partial charge in [0.05, 0.1) is 47.6 Å². The predicted molar refractivity (Wildman–Crippen MR) is 123 cm³/mol. The number of ether oxygens (including phenoxy) is 1. The number of pyridine rings is 1. The van der Waals surface area contributed by atoms with Gasteiger partial charge in [0.25, 0.3) is 5.91 Å². The van der Waals surface area contributed by atoms with Crippen molar-refractivity contribution < 1.29 is 36.7 Å². The van der Waals surface area contributed by atoms with Gasteiger partial charge in [-0.3, -0.25) is 19.4 Å². The van der Waals surface area contributed by atoms with Gasteiger partial charge in [0.15, 0.2) is 0 Å². The van der Waals surface area contributed by atoms with Crippen LogP contribution in [0.5, 0.6) is 0 Å². The minimum atomic E-state index is -4.77. The molecule has 1 fully saturated rings. The summed E-state index contributed by atoms with van der Waals surface area (Å²) < 4.78 is 58.2. The van der Waals surface area contributed by atoms with E-state index in [4.69, 9.17) is 15.9 Å². The van der Waals surface area contributed by atoms with Gasteiger partial charge in [-0.05, 0) is 30.3 Å². The first kappa shape index (κ1) is 27.3. The number of nitrogens with one attached hydrogen (secondary N) is 4. The highest BCUT2D eigenvalue weighted by molar-refractivity contribution is 6.16. The van der Waals surface area contributed by atoms with Gasteiger partial charge in [-0.1, -0.05) is 0 Å². The summed E-state index contributed by atoms with van der Waals surface area (Å²) in [5.41, 5.74) is 2.24. The molecule has 0 bridgehead atoms. The van der Waals surface area contributed by atoms with Crippen LogP contribution >= 0.6 is 0 Å². The number of nitrogens with zero attached hydrogens (tertiary/aromatic N) is 1. The molecule has 0 saturated carbocycles. The molecule has 37 heavy (non-hydrogen) atoms. The van der Waals surface area contributed by atoms with E-state index in [1.165, 1.54) is 18.3 Å². The number of hydrogen-bond acceptors (Lipinski definition) is 7. The number of halogens is 4. The highest BCUT2D eigenvalue weighted by atomic mass is 19.4. The first-order valence-corrected chi connectivity index (χ1v) is 10.7. The van der Waals surface area contributed by atoms with Crippen molar-refractivity contribution in [1.82, 2.24) is 15.6 Å². The van der Waals surface area contributed by atoms with Gasteiger partial charge in [-0.25, -0.2) is 4.39 Å². The second-order valence-corrected chi connectivity index (χ2v) is 8.02. The minimum absolute atomic E-state index is 0.0877. The molecule has 3 rings (SSSR count). The van der Waals surface area contributed by atoms with Gasteiger partial charge in [-0.2, -0.15) is 13.2 Å². The van der Waals surface area contributed by atoms with E-state index >= 15 is 0 Å². The highest BCUT2D eigenvalue weighted by Crippen LogP contribution is 2.36. The zero-order valence-corrected chi connectivity index (χ0v) is 19.1. The lowest BCUT2D eigenvalue weighted by Gasteiger charge is -2.27. The van der Waals surface area contributed by atoms with Crippen LogP contribution in [0.3, 0.4) is 0 Å². The third-order valence-electron chi connectivity index (χ3n) is 5.35. The predicted octanol–water partition coefficient (Wildman–Crippen LogP) is 1.94. The van der Waals surface area contributed by atoms with Crippen molar-refractivity contribution >= 4 is 35.3 Å². The molecule has 10 nitrogen and oxygen atoms in total. The lowest BCUT2D eigenvalue weighted by atomic mass is 9.96. The van der Waals surface area contributed by atoms with E-state index in [1.54, 1.807) is 0 Å². The zero-order chi connectivity index (χ0) is 27.2. The quantitative estimate of drug-likeness (QED) is 0.192. The maximum absolute atomic E-state index is 13.3. The van der Waals surface area contributed by atoms with Crippen LogP contribution in [0.2, 0.25) is 0 Å². The van der Waals surface area contributed by atoms with Crippen molar-refractivity contribution in [2.45, 2.75) is 24.7 Å². The van der Waals surface area contributed by atoms with E-state index in [2.05, 4.69) is 20.9 Å². The molecule has 0 aliphatic carbocycles. The molecule has 2 aromatic rings. The number of carbonyl (C=O) groups excluding carboxylic acids is 3. The smallest absolute Gasteiger partial charge is 0.378 e. The van der Waals surface area contributed by atoms with Crippen molar-refractivity contribution in [2.24, 2.45) is 5.73 Å². The van der Waals surface area contributed by atoms with Crippen LogP contribution in [0, 0.1) is 11.2 Å². The summed E-state index contributed by atoms with van der Waals surface area (Å²) in [7, 11) is 0. The Balaban J connectivity index is 1.66. The van der Waals surface area contributed by atoms with Crippen LogP contribution in [0.4, 0.5) is 28.9 Å². The number of aromatic nitrogens is 1. The fourth-order valence-electron chi connectivity index (χ4n) is 3.47. The molecule has 196 valence electrons. The number of hydrogen-bond donors (Lipinski definition) is 5. The van der Waals surface area contributed by atoms with Crippen molar-refractivity contribution in [3.8, 4) is 0 Å². The monoisotopic (exact) mass is 522 g/mol. The molecule has 1 aliphatic heterocycles. The fourth-order valence-corrected chi connectivity index (χ4v) is 3.47. The van der Waals surface area contributed by atoms with Crippen molar-refractivity contribution in [1.29, 1.82) is 5.41 Å². The summed E-state index contributed by atoms with van der Waals surface area (Å²) in [6, 6.07) is 5.13. The van der Waals surface area contributed by atoms with Crippen LogP contribution in [0.1, 0.15) is 17.7 Å². The highest BCUT2D eigenvalue weighted by Gasteiger charge is 2.44. The molecule has 0 spiro atoms. The molecule has 1 aromatic carbocycles. The molecule has 3 amide bonds. The molecule has 0 radical (unpaired) electrons. The maximum Gasteiger partial charge on any atom is 0.418 e. The molecule has 1 aliphatic rings. The Morgan fingerprint density at radius 3 is 2.54 bits per heavy atom. The summed E-state index contributed by atoms with van der Waals surface area (Å²) >= 11 is 0. The molecule has 2 heterocycles. The van der Waals surface area contributed by atoms with Gasteiger partial charge in [0.2, 0.25) is 11.8 Å². The molecule has 0 unspecified atom stereocenters. The number of benzene rings is 1. The Labute approximate surface area is 207 Å². The maximum atomic E-state index is 13.3. The number of carbonyl (C=O) groups is 3. The second-order valence-electron chi connectivity index (χ2n) is 8.02. The summed E-state index contributed by atoms with van der Waals surface area (Å²) in [4.78, 5) is 40.5. The minimum Gasteiger partial charge on any atom is -0.378 e. The van der Waals surface area contributed by atoms with Crippen molar-refractivity contribution in [3.63, 3.8) is 0 Å². The van der Waals surface area contributed by atoms with E-state index in [9.17, 15) is 31.9 Å². The Morgan fingerprint density at radius 2 is 1.97 bits per heavy atom. The topological polar surface area (TPSA) is 159 Å². The summed E-state index contributed by atoms with van der Waals surface area (Å²) in [6.45, 7) is -0.0629. The third kappa shape index (κ3) is 6.88. The zero-order valence-electron chi connectivity index (χ0n) is 19.1. The number of nitrogens with two attached hydrogens (primary N) is 1. The van der Waals surface area contributed by atoms with Crippen molar-refractivity contribution in [2.75, 3.05) is 18.5 Å². The largest absolute Gasteiger partial charge is 0.418 e. The SMILES string of the molecule is N=C/C(=C\C(N)=O)C(=O)N[C@@]1(C(=O)NCc2ccc(Nc3ccc(F)cc3C(F)(F)F)cn2)CCOC1. The third-order valence-corrected chi connectivity index (χ3v) is 5.35. The van der Waals surface area contributed by atoms with Gasteiger partial charge < -0.3 is 31.8 Å². The first-order chi connectivity index (χ1) is 17.4. The molecular weight excluding hydrogens is 500 g/mol. The molecule has 14 heteroatoms. The Kier molecular flexibility index (Phi) is 8.22. The second kappa shape index (κ2) is 11.2. The van der Waals surface area contributed by atoms with Gasteiger partial charge >= 0.3 is 6.18 Å². The average molecular weight is 522 g/mol. The van der Waals surface area contributed by atoms with E-state index < -0.39 is 40.8 Å². The number of alkyl halides is 3. The number of amides is 3. The first-order valence-electron chi connectivity index (χ1n) is 10.7. The summed E-state index contributed by atoms with van der Waals surface area (Å²) in [6.07, 6.45) is -2.02. The lowest BCUT2D eigenvalue weighted by Crippen LogP contribution is -2.59. The molecular formula is C23H22F4N6O4. The molecule has 1 aromatic heterocycles. The molecule has 6 N–H and O–H groups in total. The van der Waals surface area contributed by atoms with Gasteiger partial charge in [-0.15, -0.1) is 0 Å². The molecule has 1 saturated heterocycles.